The topological polar surface area (TPSA) is 79.9 Å². The number of hydrogen-bond acceptors (Lipinski definition) is 5. The Labute approximate surface area is 259 Å². The van der Waals surface area contributed by atoms with E-state index in [1.807, 2.05) is 12.1 Å². The molecule has 2 N–H and O–H groups in total. The number of amides is 2. The summed E-state index contributed by atoms with van der Waals surface area (Å²) >= 11 is 6.11. The Morgan fingerprint density at radius 1 is 1.02 bits per heavy atom. The van der Waals surface area contributed by atoms with Crippen LogP contribution < -0.4 is 10.6 Å². The number of carbonyl (C=O) groups is 2. The van der Waals surface area contributed by atoms with Gasteiger partial charge in [-0.2, -0.15) is 0 Å². The Bertz CT molecular complexity index is 1040. The van der Waals surface area contributed by atoms with Gasteiger partial charge in [0.2, 0.25) is 11.8 Å². The molecule has 0 aromatic heterocycles. The molecule has 234 valence electrons. The van der Waals surface area contributed by atoms with Crippen LogP contribution in [0.15, 0.2) is 24.3 Å². The van der Waals surface area contributed by atoms with Crippen molar-refractivity contribution in [3.8, 4) is 0 Å². The summed E-state index contributed by atoms with van der Waals surface area (Å²) in [5, 5.41) is 7.21. The quantitative estimate of drug-likeness (QED) is 0.233. The Morgan fingerprint density at radius 2 is 1.67 bits per heavy atom. The highest BCUT2D eigenvalue weighted by Crippen LogP contribution is 2.43. The molecule has 9 heteroatoms. The van der Waals surface area contributed by atoms with E-state index < -0.39 is 5.54 Å². The highest BCUT2D eigenvalue weighted by molar-refractivity contribution is 6.45. The molecule has 2 saturated heterocycles. The van der Waals surface area contributed by atoms with E-state index in [0.717, 1.165) is 75.9 Å². The van der Waals surface area contributed by atoms with E-state index in [0.29, 0.717) is 24.8 Å². The summed E-state index contributed by atoms with van der Waals surface area (Å²) in [6.45, 7) is 15.4. The van der Waals surface area contributed by atoms with E-state index in [9.17, 15) is 9.59 Å². The van der Waals surface area contributed by atoms with Gasteiger partial charge in [0.25, 0.3) is 0 Å². The smallest absolute Gasteiger partial charge is 0.403 e. The monoisotopic (exact) mass is 601 g/mol. The van der Waals surface area contributed by atoms with Crippen LogP contribution in [-0.2, 0) is 18.9 Å². The molecular formula is C33H53BClN3O4. The van der Waals surface area contributed by atoms with E-state index >= 15 is 0 Å². The molecule has 7 nitrogen and oxygen atoms in total. The number of benzene rings is 1. The Balaban J connectivity index is 1.45. The summed E-state index contributed by atoms with van der Waals surface area (Å²) in [7, 11) is -0.247. The van der Waals surface area contributed by atoms with Gasteiger partial charge in [0, 0.05) is 31.0 Å². The highest BCUT2D eigenvalue weighted by atomic mass is 35.5. The maximum absolute atomic E-state index is 14.0. The predicted octanol–water partition coefficient (Wildman–Crippen LogP) is 6.21. The van der Waals surface area contributed by atoms with Crippen LogP contribution in [0, 0.1) is 11.8 Å². The average molecular weight is 602 g/mol. The minimum absolute atomic E-state index is 0.0208. The molecule has 2 heterocycles. The van der Waals surface area contributed by atoms with Crippen LogP contribution in [-0.4, -0.2) is 66.8 Å². The Kier molecular flexibility index (Phi) is 11.1. The number of halogens is 1. The zero-order valence-corrected chi connectivity index (χ0v) is 27.5. The minimum atomic E-state index is -0.911. The lowest BCUT2D eigenvalue weighted by Crippen LogP contribution is -2.66. The van der Waals surface area contributed by atoms with Crippen molar-refractivity contribution in [1.82, 2.24) is 15.5 Å². The third-order valence-electron chi connectivity index (χ3n) is 10.4. The second kappa shape index (κ2) is 14.0. The van der Waals surface area contributed by atoms with Crippen LogP contribution in [0.1, 0.15) is 104 Å². The normalized spacial score (nSPS) is 28.0. The van der Waals surface area contributed by atoms with Crippen LogP contribution in [0.2, 0.25) is 11.3 Å². The molecular weight excluding hydrogens is 549 g/mol. The molecule has 1 aromatic carbocycles. The molecule has 2 amide bonds. The van der Waals surface area contributed by atoms with E-state index in [4.69, 9.17) is 20.9 Å². The minimum Gasteiger partial charge on any atom is -0.403 e. The fourth-order valence-corrected chi connectivity index (χ4v) is 7.32. The van der Waals surface area contributed by atoms with E-state index in [-0.39, 0.29) is 36.1 Å². The van der Waals surface area contributed by atoms with Crippen molar-refractivity contribution >= 4 is 30.5 Å². The molecule has 0 unspecified atom stereocenters. The van der Waals surface area contributed by atoms with Gasteiger partial charge in [-0.05, 0) is 115 Å². The van der Waals surface area contributed by atoms with Crippen molar-refractivity contribution in [3.63, 3.8) is 0 Å². The summed E-state index contributed by atoms with van der Waals surface area (Å²) in [5.41, 5.74) is -0.263. The molecule has 0 radical (unpaired) electrons. The number of hydrogen-bond donors (Lipinski definition) is 2. The van der Waals surface area contributed by atoms with Gasteiger partial charge in [-0.15, -0.1) is 0 Å². The molecule has 3 atom stereocenters. The van der Waals surface area contributed by atoms with Crippen molar-refractivity contribution in [3.05, 3.63) is 34.9 Å². The molecule has 3 fully saturated rings. The molecule has 4 rings (SSSR count). The van der Waals surface area contributed by atoms with E-state index in [1.54, 1.807) is 6.92 Å². The van der Waals surface area contributed by atoms with Crippen molar-refractivity contribution in [2.24, 2.45) is 11.8 Å². The van der Waals surface area contributed by atoms with Gasteiger partial charge in [-0.25, -0.2) is 0 Å². The maximum Gasteiger partial charge on any atom is 0.457 e. The first-order chi connectivity index (χ1) is 19.8. The molecule has 1 saturated carbocycles. The van der Waals surface area contributed by atoms with E-state index in [2.05, 4.69) is 62.3 Å². The first kappa shape index (κ1) is 33.3. The van der Waals surface area contributed by atoms with Gasteiger partial charge in [-0.1, -0.05) is 43.5 Å². The SMILES string of the molecule is CCCCNC(=O)[C@@]1(NC(C)=O)C[C@H](CCB2OC(C)(C)C(C)(C)O2)CC[C@H]1CN1CCC(c2ccc(Cl)cc2)CC1. The maximum atomic E-state index is 14.0. The van der Waals surface area contributed by atoms with Crippen LogP contribution >= 0.6 is 11.6 Å². The lowest BCUT2D eigenvalue weighted by Gasteiger charge is -2.48. The molecule has 42 heavy (non-hydrogen) atoms. The second-order valence-electron chi connectivity index (χ2n) is 14.0. The molecule has 1 aliphatic carbocycles. The first-order valence-electron chi connectivity index (χ1n) is 16.3. The molecule has 3 aliphatic rings. The van der Waals surface area contributed by atoms with Gasteiger partial charge in [0.05, 0.1) is 11.2 Å². The van der Waals surface area contributed by atoms with Gasteiger partial charge < -0.3 is 24.8 Å². The number of unbranched alkanes of at least 4 members (excludes halogenated alkanes) is 1. The van der Waals surface area contributed by atoms with Gasteiger partial charge in [0.1, 0.15) is 5.54 Å². The Hall–Kier alpha value is -1.61. The van der Waals surface area contributed by atoms with Crippen LogP contribution in [0.25, 0.3) is 0 Å². The van der Waals surface area contributed by atoms with E-state index in [1.165, 1.54) is 5.56 Å². The first-order valence-corrected chi connectivity index (χ1v) is 16.6. The number of piperidine rings is 1. The van der Waals surface area contributed by atoms with Crippen molar-refractivity contribution in [1.29, 1.82) is 0 Å². The number of rotatable bonds is 11. The molecule has 0 bridgehead atoms. The third kappa shape index (κ3) is 7.91. The fourth-order valence-electron chi connectivity index (χ4n) is 7.19. The van der Waals surface area contributed by atoms with Crippen molar-refractivity contribution in [2.45, 2.75) is 122 Å². The predicted molar refractivity (Wildman–Crippen MR) is 171 cm³/mol. The zero-order valence-electron chi connectivity index (χ0n) is 26.8. The van der Waals surface area contributed by atoms with Gasteiger partial charge in [-0.3, -0.25) is 9.59 Å². The molecule has 2 aliphatic heterocycles. The van der Waals surface area contributed by atoms with Crippen molar-refractivity contribution < 1.29 is 18.9 Å². The highest BCUT2D eigenvalue weighted by Gasteiger charge is 2.53. The lowest BCUT2D eigenvalue weighted by atomic mass is 9.64. The number of nitrogens with one attached hydrogen (secondary N) is 2. The van der Waals surface area contributed by atoms with Crippen molar-refractivity contribution in [2.75, 3.05) is 26.2 Å². The standard InChI is InChI=1S/C33H53BClN3O4/c1-7-8-19-36-30(40)33(37-24(2)39)22-25(15-18-34-41-31(3,4)32(5,6)42-34)9-12-28(33)23-38-20-16-27(17-21-38)26-10-13-29(35)14-11-26/h10-11,13-14,25,27-28H,7-9,12,15-23H2,1-6H3,(H,36,40)(H,37,39)/t25-,28-,33+/m0/s1. The van der Waals surface area contributed by atoms with Crippen LogP contribution in [0.4, 0.5) is 0 Å². The number of likely N-dealkylation sites (tertiary alicyclic amines) is 1. The average Bonchev–Trinajstić information content (AvgIpc) is 3.15. The number of nitrogens with zero attached hydrogens (tertiary/aromatic N) is 1. The summed E-state index contributed by atoms with van der Waals surface area (Å²) in [6.07, 6.45) is 8.39. The third-order valence-corrected chi connectivity index (χ3v) is 10.6. The number of carbonyl (C=O) groups excluding carboxylic acids is 2. The zero-order chi connectivity index (χ0) is 30.5. The molecule has 1 aromatic rings. The largest absolute Gasteiger partial charge is 0.457 e. The lowest BCUT2D eigenvalue weighted by molar-refractivity contribution is -0.138. The van der Waals surface area contributed by atoms with Gasteiger partial charge in [0.15, 0.2) is 0 Å². The molecule has 0 spiro atoms. The summed E-state index contributed by atoms with van der Waals surface area (Å²) < 4.78 is 12.5. The van der Waals surface area contributed by atoms with Crippen LogP contribution in [0.5, 0.6) is 0 Å². The van der Waals surface area contributed by atoms with Gasteiger partial charge >= 0.3 is 7.12 Å². The summed E-state index contributed by atoms with van der Waals surface area (Å²) in [6, 6.07) is 8.26. The fraction of sp³-hybridized carbons (Fsp3) is 0.758. The van der Waals surface area contributed by atoms with Crippen LogP contribution in [0.3, 0.4) is 0 Å². The Morgan fingerprint density at radius 3 is 2.26 bits per heavy atom. The summed E-state index contributed by atoms with van der Waals surface area (Å²) in [4.78, 5) is 29.2. The summed E-state index contributed by atoms with van der Waals surface area (Å²) in [5.74, 6) is 0.732. The second-order valence-corrected chi connectivity index (χ2v) is 14.4.